The lowest BCUT2D eigenvalue weighted by Gasteiger charge is -2.08. The topological polar surface area (TPSA) is 64.3 Å². The lowest BCUT2D eigenvalue weighted by Crippen LogP contribution is -2.29. The molecule has 0 aliphatic rings. The number of nitrogen functional groups attached to an aromatic ring is 1. The first kappa shape index (κ1) is 14.4. The molecule has 1 amide bonds. The van der Waals surface area contributed by atoms with Crippen molar-refractivity contribution < 1.29 is 9.53 Å². The third-order valence-electron chi connectivity index (χ3n) is 2.53. The molecule has 0 fully saturated rings. The summed E-state index contributed by atoms with van der Waals surface area (Å²) >= 11 is 0. The Morgan fingerprint density at radius 2 is 2.00 bits per heavy atom. The van der Waals surface area contributed by atoms with Crippen molar-refractivity contribution in [3.63, 3.8) is 0 Å². The monoisotopic (exact) mass is 250 g/mol. The van der Waals surface area contributed by atoms with E-state index in [4.69, 9.17) is 10.5 Å². The van der Waals surface area contributed by atoms with Crippen molar-refractivity contribution in [2.24, 2.45) is 5.92 Å². The highest BCUT2D eigenvalue weighted by Crippen LogP contribution is 2.12. The molecule has 1 rings (SSSR count). The van der Waals surface area contributed by atoms with Crippen LogP contribution in [0.2, 0.25) is 0 Å². The van der Waals surface area contributed by atoms with Gasteiger partial charge in [-0.1, -0.05) is 13.8 Å². The zero-order valence-corrected chi connectivity index (χ0v) is 11.1. The van der Waals surface area contributed by atoms with Crippen molar-refractivity contribution in [3.8, 4) is 5.75 Å². The minimum absolute atomic E-state index is 0.0472. The Hall–Kier alpha value is -1.71. The summed E-state index contributed by atoms with van der Waals surface area (Å²) in [7, 11) is 0. The fraction of sp³-hybridized carbons (Fsp3) is 0.500. The van der Waals surface area contributed by atoms with Gasteiger partial charge in [-0.25, -0.2) is 0 Å². The van der Waals surface area contributed by atoms with Crippen LogP contribution in [0.15, 0.2) is 24.3 Å². The summed E-state index contributed by atoms with van der Waals surface area (Å²) in [6, 6.07) is 6.99. The zero-order chi connectivity index (χ0) is 13.4. The zero-order valence-electron chi connectivity index (χ0n) is 11.1. The molecule has 100 valence electrons. The molecule has 4 nitrogen and oxygen atoms in total. The maximum absolute atomic E-state index is 11.5. The van der Waals surface area contributed by atoms with Crippen LogP contribution in [-0.2, 0) is 4.79 Å². The van der Waals surface area contributed by atoms with Gasteiger partial charge in [0.2, 0.25) is 0 Å². The van der Waals surface area contributed by atoms with E-state index in [2.05, 4.69) is 19.2 Å². The Morgan fingerprint density at radius 3 is 2.61 bits per heavy atom. The van der Waals surface area contributed by atoms with Gasteiger partial charge in [0.1, 0.15) is 5.75 Å². The molecule has 0 saturated heterocycles. The molecule has 0 spiro atoms. The first-order chi connectivity index (χ1) is 8.58. The molecule has 0 unspecified atom stereocenters. The van der Waals surface area contributed by atoms with E-state index in [-0.39, 0.29) is 12.5 Å². The molecule has 0 atom stereocenters. The van der Waals surface area contributed by atoms with E-state index in [1.165, 1.54) is 0 Å². The second-order valence-corrected chi connectivity index (χ2v) is 4.74. The Labute approximate surface area is 109 Å². The molecular weight excluding hydrogens is 228 g/mol. The Kier molecular flexibility index (Phi) is 6.05. The van der Waals surface area contributed by atoms with Gasteiger partial charge in [-0.05, 0) is 43.0 Å². The number of hydrogen-bond acceptors (Lipinski definition) is 3. The molecule has 0 aliphatic carbocycles. The lowest BCUT2D eigenvalue weighted by atomic mass is 10.1. The van der Waals surface area contributed by atoms with Crippen molar-refractivity contribution in [1.82, 2.24) is 5.32 Å². The van der Waals surface area contributed by atoms with Gasteiger partial charge in [-0.2, -0.15) is 0 Å². The molecule has 3 N–H and O–H groups in total. The maximum Gasteiger partial charge on any atom is 0.257 e. The molecule has 0 heterocycles. The molecule has 18 heavy (non-hydrogen) atoms. The van der Waals surface area contributed by atoms with Crippen molar-refractivity contribution in [3.05, 3.63) is 24.3 Å². The van der Waals surface area contributed by atoms with Gasteiger partial charge in [0, 0.05) is 12.2 Å². The highest BCUT2D eigenvalue weighted by Gasteiger charge is 2.02. The molecule has 0 aliphatic heterocycles. The quantitative estimate of drug-likeness (QED) is 0.576. The van der Waals surface area contributed by atoms with Gasteiger partial charge < -0.3 is 15.8 Å². The standard InChI is InChI=1S/C14H22N2O2/c1-11(2)4-3-9-16-14(17)10-18-13-7-5-12(15)6-8-13/h5-8,11H,3-4,9-10,15H2,1-2H3,(H,16,17). The minimum Gasteiger partial charge on any atom is -0.484 e. The first-order valence-corrected chi connectivity index (χ1v) is 6.33. The van der Waals surface area contributed by atoms with Gasteiger partial charge >= 0.3 is 0 Å². The normalized spacial score (nSPS) is 10.4. The van der Waals surface area contributed by atoms with Crippen LogP contribution < -0.4 is 15.8 Å². The average Bonchev–Trinajstić information content (AvgIpc) is 2.34. The lowest BCUT2D eigenvalue weighted by molar-refractivity contribution is -0.123. The highest BCUT2D eigenvalue weighted by molar-refractivity contribution is 5.77. The number of nitrogens with one attached hydrogen (secondary N) is 1. The van der Waals surface area contributed by atoms with E-state index < -0.39 is 0 Å². The van der Waals surface area contributed by atoms with E-state index in [1.807, 2.05) is 0 Å². The molecule has 4 heteroatoms. The summed E-state index contributed by atoms with van der Waals surface area (Å²) in [5.41, 5.74) is 6.23. The average molecular weight is 250 g/mol. The maximum atomic E-state index is 11.5. The van der Waals surface area contributed by atoms with Gasteiger partial charge in [0.25, 0.3) is 5.91 Å². The Bertz CT molecular complexity index is 361. The molecule has 0 radical (unpaired) electrons. The number of carbonyl (C=O) groups is 1. The summed E-state index contributed by atoms with van der Waals surface area (Å²) in [4.78, 5) is 11.5. The van der Waals surface area contributed by atoms with Crippen LogP contribution in [0.3, 0.4) is 0 Å². The fourth-order valence-corrected chi connectivity index (χ4v) is 1.50. The molecule has 0 saturated carbocycles. The van der Waals surface area contributed by atoms with E-state index in [0.29, 0.717) is 23.9 Å². The molecule has 0 bridgehead atoms. The van der Waals surface area contributed by atoms with E-state index in [0.717, 1.165) is 12.8 Å². The summed E-state index contributed by atoms with van der Waals surface area (Å²) in [5, 5.41) is 2.83. The molecule has 1 aromatic carbocycles. The second kappa shape index (κ2) is 7.58. The molecular formula is C14H22N2O2. The SMILES string of the molecule is CC(C)CCCNC(=O)COc1ccc(N)cc1. The van der Waals surface area contributed by atoms with Gasteiger partial charge in [0.15, 0.2) is 6.61 Å². The first-order valence-electron chi connectivity index (χ1n) is 6.33. The van der Waals surface area contributed by atoms with Crippen LogP contribution in [0, 0.1) is 5.92 Å². The van der Waals surface area contributed by atoms with Crippen LogP contribution in [-0.4, -0.2) is 19.1 Å². The Morgan fingerprint density at radius 1 is 1.33 bits per heavy atom. The highest BCUT2D eigenvalue weighted by atomic mass is 16.5. The summed E-state index contributed by atoms with van der Waals surface area (Å²) < 4.78 is 5.33. The number of nitrogens with two attached hydrogens (primary N) is 1. The number of carbonyl (C=O) groups excluding carboxylic acids is 1. The van der Waals surface area contributed by atoms with E-state index in [9.17, 15) is 4.79 Å². The van der Waals surface area contributed by atoms with Crippen molar-refractivity contribution in [2.75, 3.05) is 18.9 Å². The molecule has 0 aromatic heterocycles. The predicted octanol–water partition coefficient (Wildman–Crippen LogP) is 2.20. The van der Waals surface area contributed by atoms with E-state index >= 15 is 0 Å². The summed E-state index contributed by atoms with van der Waals surface area (Å²) in [6.07, 6.45) is 2.13. The number of hydrogen-bond donors (Lipinski definition) is 2. The summed E-state index contributed by atoms with van der Waals surface area (Å²) in [5.74, 6) is 1.24. The van der Waals surface area contributed by atoms with Gasteiger partial charge in [0.05, 0.1) is 0 Å². The minimum atomic E-state index is -0.0874. The number of anilines is 1. The smallest absolute Gasteiger partial charge is 0.257 e. The fourth-order valence-electron chi connectivity index (χ4n) is 1.50. The third kappa shape index (κ3) is 6.13. The van der Waals surface area contributed by atoms with Crippen LogP contribution in [0.5, 0.6) is 5.75 Å². The van der Waals surface area contributed by atoms with Crippen molar-refractivity contribution in [2.45, 2.75) is 26.7 Å². The van der Waals surface area contributed by atoms with Crippen molar-refractivity contribution >= 4 is 11.6 Å². The van der Waals surface area contributed by atoms with Crippen molar-refractivity contribution in [1.29, 1.82) is 0 Å². The van der Waals surface area contributed by atoms with Crippen LogP contribution in [0.1, 0.15) is 26.7 Å². The number of amides is 1. The van der Waals surface area contributed by atoms with Gasteiger partial charge in [-0.3, -0.25) is 4.79 Å². The second-order valence-electron chi connectivity index (χ2n) is 4.74. The Balaban J connectivity index is 2.15. The van der Waals surface area contributed by atoms with Crippen LogP contribution in [0.25, 0.3) is 0 Å². The van der Waals surface area contributed by atoms with Crippen LogP contribution >= 0.6 is 0 Å². The van der Waals surface area contributed by atoms with E-state index in [1.54, 1.807) is 24.3 Å². The summed E-state index contributed by atoms with van der Waals surface area (Å²) in [6.45, 7) is 5.10. The third-order valence-corrected chi connectivity index (χ3v) is 2.53. The number of ether oxygens (including phenoxy) is 1. The molecule has 1 aromatic rings. The van der Waals surface area contributed by atoms with Crippen LogP contribution in [0.4, 0.5) is 5.69 Å². The number of benzene rings is 1. The predicted molar refractivity (Wildman–Crippen MR) is 73.4 cm³/mol. The van der Waals surface area contributed by atoms with Gasteiger partial charge in [-0.15, -0.1) is 0 Å². The number of rotatable bonds is 7. The largest absolute Gasteiger partial charge is 0.484 e.